The van der Waals surface area contributed by atoms with Crippen molar-refractivity contribution in [2.45, 2.75) is 13.5 Å². The second kappa shape index (κ2) is 7.68. The molecule has 27 heavy (non-hydrogen) atoms. The predicted octanol–water partition coefficient (Wildman–Crippen LogP) is 4.84. The number of rotatable bonds is 6. The van der Waals surface area contributed by atoms with E-state index in [0.717, 1.165) is 28.3 Å². The highest BCUT2D eigenvalue weighted by Gasteiger charge is 2.13. The fourth-order valence-electron chi connectivity index (χ4n) is 2.95. The summed E-state index contributed by atoms with van der Waals surface area (Å²) >= 11 is 6.02. The molecule has 0 saturated heterocycles. The molecule has 4 rings (SSSR count). The topological polar surface area (TPSA) is 44.9 Å². The molecule has 5 nitrogen and oxygen atoms in total. The molecule has 0 atom stereocenters. The van der Waals surface area contributed by atoms with Crippen LogP contribution in [0.25, 0.3) is 16.9 Å². The van der Waals surface area contributed by atoms with Gasteiger partial charge in [-0.25, -0.2) is 9.67 Å². The van der Waals surface area contributed by atoms with Gasteiger partial charge in [-0.1, -0.05) is 11.6 Å². The molecule has 0 spiro atoms. The first-order valence-electron chi connectivity index (χ1n) is 8.76. The van der Waals surface area contributed by atoms with Crippen LogP contribution in [0.5, 0.6) is 5.75 Å². The molecular formula is C21H19ClN4O. The Bertz CT molecular complexity index is 1010. The van der Waals surface area contributed by atoms with Crippen LogP contribution in [0.4, 0.5) is 0 Å². The molecule has 2 heterocycles. The molecule has 0 radical (unpaired) electrons. The van der Waals surface area contributed by atoms with Crippen LogP contribution in [0, 0.1) is 0 Å². The summed E-state index contributed by atoms with van der Waals surface area (Å²) in [6, 6.07) is 15.7. The van der Waals surface area contributed by atoms with Crippen LogP contribution in [-0.2, 0) is 6.54 Å². The molecule has 0 aliphatic rings. The smallest absolute Gasteiger partial charge is 0.119 e. The first-order valence-corrected chi connectivity index (χ1v) is 9.14. The molecule has 136 valence electrons. The maximum Gasteiger partial charge on any atom is 0.119 e. The third-order valence-corrected chi connectivity index (χ3v) is 4.48. The van der Waals surface area contributed by atoms with Crippen molar-refractivity contribution in [2.24, 2.45) is 0 Å². The fraction of sp³-hybridized carbons (Fsp3) is 0.143. The summed E-state index contributed by atoms with van der Waals surface area (Å²) in [5, 5.41) is 5.54. The summed E-state index contributed by atoms with van der Waals surface area (Å²) in [5.41, 5.74) is 4.04. The molecule has 2 aromatic carbocycles. The highest BCUT2D eigenvalue weighted by atomic mass is 35.5. The van der Waals surface area contributed by atoms with Crippen molar-refractivity contribution in [3.63, 3.8) is 0 Å². The van der Waals surface area contributed by atoms with E-state index in [1.54, 1.807) is 6.20 Å². The predicted molar refractivity (Wildman–Crippen MR) is 107 cm³/mol. The first-order chi connectivity index (χ1) is 13.2. The Morgan fingerprint density at radius 3 is 2.48 bits per heavy atom. The van der Waals surface area contributed by atoms with Crippen molar-refractivity contribution < 1.29 is 4.74 Å². The SMILES string of the molecule is CCOc1ccc(-c2nn(-c3ccc(Cl)cc3)cc2Cn2ccnc2)cc1. The summed E-state index contributed by atoms with van der Waals surface area (Å²) in [5.74, 6) is 0.856. The molecule has 6 heteroatoms. The molecule has 0 amide bonds. The van der Waals surface area contributed by atoms with Crippen LogP contribution in [0.3, 0.4) is 0 Å². The van der Waals surface area contributed by atoms with Gasteiger partial charge in [-0.2, -0.15) is 5.10 Å². The molecule has 0 saturated carbocycles. The number of hydrogen-bond donors (Lipinski definition) is 0. The summed E-state index contributed by atoms with van der Waals surface area (Å²) < 4.78 is 9.46. The van der Waals surface area contributed by atoms with E-state index < -0.39 is 0 Å². The number of imidazole rings is 1. The Labute approximate surface area is 162 Å². The number of nitrogens with zero attached hydrogens (tertiary/aromatic N) is 4. The minimum absolute atomic E-state index is 0.649. The first kappa shape index (κ1) is 17.4. The van der Waals surface area contributed by atoms with E-state index >= 15 is 0 Å². The fourth-order valence-corrected chi connectivity index (χ4v) is 3.07. The molecule has 0 fully saturated rings. The Balaban J connectivity index is 1.74. The van der Waals surface area contributed by atoms with E-state index in [2.05, 4.69) is 11.2 Å². The van der Waals surface area contributed by atoms with Gasteiger partial charge in [-0.05, 0) is 55.5 Å². The van der Waals surface area contributed by atoms with Gasteiger partial charge in [-0.3, -0.25) is 0 Å². The monoisotopic (exact) mass is 378 g/mol. The molecule has 2 aromatic heterocycles. The van der Waals surface area contributed by atoms with Gasteiger partial charge >= 0.3 is 0 Å². The number of hydrogen-bond acceptors (Lipinski definition) is 3. The number of benzene rings is 2. The zero-order chi connectivity index (χ0) is 18.6. The third-order valence-electron chi connectivity index (χ3n) is 4.23. The third kappa shape index (κ3) is 3.88. The second-order valence-corrected chi connectivity index (χ2v) is 6.55. The van der Waals surface area contributed by atoms with E-state index in [4.69, 9.17) is 21.4 Å². The van der Waals surface area contributed by atoms with Gasteiger partial charge in [0.25, 0.3) is 0 Å². The minimum atomic E-state index is 0.649. The number of halogens is 1. The van der Waals surface area contributed by atoms with Gasteiger partial charge in [0.1, 0.15) is 5.75 Å². The molecule has 4 aromatic rings. The molecule has 0 N–H and O–H groups in total. The molecule has 0 aliphatic carbocycles. The standard InChI is InChI=1S/C21H19ClN4O/c1-2-27-20-9-3-16(4-10-20)21-17(13-25-12-11-23-15-25)14-26(24-21)19-7-5-18(22)6-8-19/h3-12,14-15H,2,13H2,1H3. The van der Waals surface area contributed by atoms with Crippen LogP contribution >= 0.6 is 11.6 Å². The van der Waals surface area contributed by atoms with E-state index in [9.17, 15) is 0 Å². The maximum atomic E-state index is 6.02. The van der Waals surface area contributed by atoms with Crippen molar-refractivity contribution in [1.29, 1.82) is 0 Å². The van der Waals surface area contributed by atoms with Crippen LogP contribution in [0.2, 0.25) is 5.02 Å². The summed E-state index contributed by atoms with van der Waals surface area (Å²) in [6.07, 6.45) is 7.58. The lowest BCUT2D eigenvalue weighted by Crippen LogP contribution is -1.97. The Kier molecular flexibility index (Phi) is 4.94. The number of ether oxygens (including phenoxy) is 1. The van der Waals surface area contributed by atoms with Crippen molar-refractivity contribution in [3.05, 3.63) is 84.0 Å². The van der Waals surface area contributed by atoms with Crippen LogP contribution in [0.15, 0.2) is 73.4 Å². The van der Waals surface area contributed by atoms with Gasteiger partial charge in [0.05, 0.1) is 30.9 Å². The van der Waals surface area contributed by atoms with Crippen molar-refractivity contribution in [2.75, 3.05) is 6.61 Å². The normalized spacial score (nSPS) is 10.9. The summed E-state index contributed by atoms with van der Waals surface area (Å²) in [6.45, 7) is 3.32. The van der Waals surface area contributed by atoms with Crippen LogP contribution < -0.4 is 4.74 Å². The minimum Gasteiger partial charge on any atom is -0.494 e. The van der Waals surface area contributed by atoms with E-state index in [-0.39, 0.29) is 0 Å². The molecule has 0 unspecified atom stereocenters. The van der Waals surface area contributed by atoms with Crippen LogP contribution in [-0.4, -0.2) is 25.9 Å². The average Bonchev–Trinajstić information content (AvgIpc) is 3.34. The zero-order valence-electron chi connectivity index (χ0n) is 14.9. The Hall–Kier alpha value is -3.05. The van der Waals surface area contributed by atoms with Crippen molar-refractivity contribution in [1.82, 2.24) is 19.3 Å². The lowest BCUT2D eigenvalue weighted by Gasteiger charge is -2.06. The van der Waals surface area contributed by atoms with Gasteiger partial charge in [0, 0.05) is 34.7 Å². The van der Waals surface area contributed by atoms with Crippen molar-refractivity contribution in [3.8, 4) is 22.7 Å². The Morgan fingerprint density at radius 2 is 1.81 bits per heavy atom. The molecule has 0 aliphatic heterocycles. The number of aromatic nitrogens is 4. The lowest BCUT2D eigenvalue weighted by molar-refractivity contribution is 0.340. The van der Waals surface area contributed by atoms with E-state index in [1.807, 2.05) is 77.2 Å². The Morgan fingerprint density at radius 1 is 1.04 bits per heavy atom. The highest BCUT2D eigenvalue weighted by Crippen LogP contribution is 2.27. The quantitative estimate of drug-likeness (QED) is 0.482. The van der Waals surface area contributed by atoms with Crippen LogP contribution in [0.1, 0.15) is 12.5 Å². The van der Waals surface area contributed by atoms with Gasteiger partial charge in [0.2, 0.25) is 0 Å². The molecular weight excluding hydrogens is 360 g/mol. The largest absolute Gasteiger partial charge is 0.494 e. The highest BCUT2D eigenvalue weighted by molar-refractivity contribution is 6.30. The van der Waals surface area contributed by atoms with E-state index in [1.165, 1.54) is 0 Å². The lowest BCUT2D eigenvalue weighted by atomic mass is 10.1. The van der Waals surface area contributed by atoms with Gasteiger partial charge in [0.15, 0.2) is 0 Å². The zero-order valence-corrected chi connectivity index (χ0v) is 15.7. The van der Waals surface area contributed by atoms with Crippen molar-refractivity contribution >= 4 is 11.6 Å². The average molecular weight is 379 g/mol. The van der Waals surface area contributed by atoms with Gasteiger partial charge in [-0.15, -0.1) is 0 Å². The van der Waals surface area contributed by atoms with E-state index in [0.29, 0.717) is 18.2 Å². The summed E-state index contributed by atoms with van der Waals surface area (Å²) in [4.78, 5) is 4.13. The summed E-state index contributed by atoms with van der Waals surface area (Å²) in [7, 11) is 0. The second-order valence-electron chi connectivity index (χ2n) is 6.12. The maximum absolute atomic E-state index is 6.02. The molecule has 0 bridgehead atoms. The van der Waals surface area contributed by atoms with Gasteiger partial charge < -0.3 is 9.30 Å².